The van der Waals surface area contributed by atoms with Gasteiger partial charge in [-0.2, -0.15) is 0 Å². The number of rotatable bonds is 2. The summed E-state index contributed by atoms with van der Waals surface area (Å²) < 4.78 is 5.42. The van der Waals surface area contributed by atoms with Crippen LogP contribution in [0.2, 0.25) is 0 Å². The smallest absolute Gasteiger partial charge is 0.0642 e. The van der Waals surface area contributed by atoms with Gasteiger partial charge in [-0.25, -0.2) is 0 Å². The molecule has 0 atom stereocenters. The Balaban J connectivity index is 1.72. The topological polar surface area (TPSA) is 19.0 Å². The van der Waals surface area contributed by atoms with Crippen molar-refractivity contribution < 1.29 is 4.74 Å². The minimum Gasteiger partial charge on any atom is -0.378 e. The van der Waals surface area contributed by atoms with Crippen LogP contribution in [0.25, 0.3) is 0 Å². The van der Waals surface area contributed by atoms with E-state index in [1.54, 1.807) is 0 Å². The van der Waals surface area contributed by atoms with E-state index < -0.39 is 0 Å². The van der Waals surface area contributed by atoms with E-state index in [4.69, 9.17) is 4.74 Å². The third kappa shape index (κ3) is 3.01. The fraction of sp³-hybridized carbons (Fsp3) is 0.600. The number of nitrogens with zero attached hydrogens (tertiary/aromatic N) is 3. The van der Waals surface area contributed by atoms with Gasteiger partial charge in [0.15, 0.2) is 0 Å². The van der Waals surface area contributed by atoms with E-state index in [0.717, 1.165) is 52.5 Å². The maximum absolute atomic E-state index is 5.42. The molecule has 0 bridgehead atoms. The minimum atomic E-state index is 0.846. The molecule has 2 aliphatic heterocycles. The zero-order chi connectivity index (χ0) is 13.1. The molecule has 4 heteroatoms. The van der Waals surface area contributed by atoms with E-state index in [1.807, 2.05) is 0 Å². The van der Waals surface area contributed by atoms with Crippen LogP contribution in [-0.2, 0) is 4.74 Å². The van der Waals surface area contributed by atoms with Crippen LogP contribution in [0.15, 0.2) is 24.3 Å². The van der Waals surface area contributed by atoms with Crippen molar-refractivity contribution >= 4 is 11.4 Å². The molecule has 2 saturated heterocycles. The average Bonchev–Trinajstić information content (AvgIpc) is 2.49. The number of likely N-dealkylation sites (N-methyl/N-ethyl adjacent to an activating group) is 1. The van der Waals surface area contributed by atoms with E-state index in [0.29, 0.717) is 0 Å². The molecule has 0 radical (unpaired) electrons. The van der Waals surface area contributed by atoms with Crippen molar-refractivity contribution in [2.45, 2.75) is 0 Å². The SMILES string of the molecule is CN1CCN(c2cccc(N3CCOCC3)c2)CC1. The van der Waals surface area contributed by atoms with Crippen LogP contribution in [0.1, 0.15) is 0 Å². The Labute approximate surface area is 115 Å². The van der Waals surface area contributed by atoms with E-state index in [9.17, 15) is 0 Å². The molecule has 4 nitrogen and oxygen atoms in total. The number of benzene rings is 1. The van der Waals surface area contributed by atoms with Crippen molar-refractivity contribution in [1.82, 2.24) is 4.90 Å². The summed E-state index contributed by atoms with van der Waals surface area (Å²) in [7, 11) is 2.20. The Morgan fingerprint density at radius 1 is 0.842 bits per heavy atom. The predicted molar refractivity (Wildman–Crippen MR) is 79.2 cm³/mol. The summed E-state index contributed by atoms with van der Waals surface area (Å²) in [5.74, 6) is 0. The first-order chi connectivity index (χ1) is 9.33. The van der Waals surface area contributed by atoms with Gasteiger partial charge in [-0.15, -0.1) is 0 Å². The zero-order valence-corrected chi connectivity index (χ0v) is 11.7. The molecule has 0 saturated carbocycles. The second-order valence-corrected chi connectivity index (χ2v) is 5.41. The Kier molecular flexibility index (Phi) is 3.89. The predicted octanol–water partition coefficient (Wildman–Crippen LogP) is 1.27. The van der Waals surface area contributed by atoms with Crippen molar-refractivity contribution in [1.29, 1.82) is 0 Å². The highest BCUT2D eigenvalue weighted by molar-refractivity contribution is 5.59. The lowest BCUT2D eigenvalue weighted by Crippen LogP contribution is -2.44. The molecule has 0 unspecified atom stereocenters. The molecule has 0 N–H and O–H groups in total. The van der Waals surface area contributed by atoms with Gasteiger partial charge in [0.2, 0.25) is 0 Å². The highest BCUT2D eigenvalue weighted by Crippen LogP contribution is 2.24. The van der Waals surface area contributed by atoms with Gasteiger partial charge in [-0.1, -0.05) is 6.07 Å². The molecule has 2 heterocycles. The number of hydrogen-bond donors (Lipinski definition) is 0. The number of anilines is 2. The summed E-state index contributed by atoms with van der Waals surface area (Å²) in [6, 6.07) is 8.95. The third-order valence-electron chi connectivity index (χ3n) is 4.07. The molecule has 0 amide bonds. The standard InChI is InChI=1S/C15H23N3O/c1-16-5-7-17(8-6-16)14-3-2-4-15(13-14)18-9-11-19-12-10-18/h2-4,13H,5-12H2,1H3. The highest BCUT2D eigenvalue weighted by Gasteiger charge is 2.16. The van der Waals surface area contributed by atoms with Crippen LogP contribution in [0.5, 0.6) is 0 Å². The number of morpholine rings is 1. The van der Waals surface area contributed by atoms with E-state index >= 15 is 0 Å². The molecule has 0 spiro atoms. The van der Waals surface area contributed by atoms with Gasteiger partial charge in [0.1, 0.15) is 0 Å². The summed E-state index contributed by atoms with van der Waals surface area (Å²) >= 11 is 0. The van der Waals surface area contributed by atoms with Crippen LogP contribution in [0, 0.1) is 0 Å². The van der Waals surface area contributed by atoms with Gasteiger partial charge in [-0.3, -0.25) is 0 Å². The van der Waals surface area contributed by atoms with Gasteiger partial charge in [0.25, 0.3) is 0 Å². The van der Waals surface area contributed by atoms with Crippen molar-refractivity contribution in [2.24, 2.45) is 0 Å². The lowest BCUT2D eigenvalue weighted by atomic mass is 10.2. The van der Waals surface area contributed by atoms with Crippen LogP contribution < -0.4 is 9.80 Å². The molecule has 0 aromatic heterocycles. The maximum Gasteiger partial charge on any atom is 0.0642 e. The van der Waals surface area contributed by atoms with Crippen LogP contribution in [-0.4, -0.2) is 64.4 Å². The summed E-state index contributed by atoms with van der Waals surface area (Å²) in [4.78, 5) is 7.30. The van der Waals surface area contributed by atoms with Crippen molar-refractivity contribution in [2.75, 3.05) is 69.3 Å². The third-order valence-corrected chi connectivity index (χ3v) is 4.07. The van der Waals surface area contributed by atoms with Gasteiger partial charge >= 0.3 is 0 Å². The minimum absolute atomic E-state index is 0.846. The molecular formula is C15H23N3O. The number of ether oxygens (including phenoxy) is 1. The van der Waals surface area contributed by atoms with Crippen LogP contribution in [0.3, 0.4) is 0 Å². The molecule has 2 aliphatic rings. The van der Waals surface area contributed by atoms with E-state index in [-0.39, 0.29) is 0 Å². The first-order valence-electron chi connectivity index (χ1n) is 7.19. The quantitative estimate of drug-likeness (QED) is 0.798. The Morgan fingerprint density at radius 3 is 2.05 bits per heavy atom. The van der Waals surface area contributed by atoms with Crippen molar-refractivity contribution in [3.8, 4) is 0 Å². The van der Waals surface area contributed by atoms with Gasteiger partial charge in [0, 0.05) is 50.6 Å². The van der Waals surface area contributed by atoms with E-state index in [2.05, 4.69) is 46.0 Å². The molecule has 2 fully saturated rings. The Morgan fingerprint density at radius 2 is 1.42 bits per heavy atom. The van der Waals surface area contributed by atoms with Crippen LogP contribution >= 0.6 is 0 Å². The number of piperazine rings is 1. The molecule has 104 valence electrons. The first kappa shape index (κ1) is 12.8. The lowest BCUT2D eigenvalue weighted by molar-refractivity contribution is 0.122. The molecule has 3 rings (SSSR count). The lowest BCUT2D eigenvalue weighted by Gasteiger charge is -2.35. The molecule has 1 aromatic carbocycles. The second-order valence-electron chi connectivity index (χ2n) is 5.41. The Hall–Kier alpha value is -1.26. The summed E-state index contributed by atoms with van der Waals surface area (Å²) in [5, 5.41) is 0. The zero-order valence-electron chi connectivity index (χ0n) is 11.7. The van der Waals surface area contributed by atoms with Crippen LogP contribution in [0.4, 0.5) is 11.4 Å². The van der Waals surface area contributed by atoms with E-state index in [1.165, 1.54) is 11.4 Å². The monoisotopic (exact) mass is 261 g/mol. The summed E-state index contributed by atoms with van der Waals surface area (Å²) in [6.07, 6.45) is 0. The second kappa shape index (κ2) is 5.80. The maximum atomic E-state index is 5.42. The average molecular weight is 261 g/mol. The summed E-state index contributed by atoms with van der Waals surface area (Å²) in [6.45, 7) is 8.27. The Bertz CT molecular complexity index is 410. The normalized spacial score (nSPS) is 21.7. The number of hydrogen-bond acceptors (Lipinski definition) is 4. The fourth-order valence-corrected chi connectivity index (χ4v) is 2.77. The summed E-state index contributed by atoms with van der Waals surface area (Å²) in [5.41, 5.74) is 2.69. The molecule has 19 heavy (non-hydrogen) atoms. The van der Waals surface area contributed by atoms with Crippen molar-refractivity contribution in [3.63, 3.8) is 0 Å². The first-order valence-corrected chi connectivity index (χ1v) is 7.19. The molecule has 1 aromatic rings. The largest absolute Gasteiger partial charge is 0.378 e. The van der Waals surface area contributed by atoms with Gasteiger partial charge in [0.05, 0.1) is 13.2 Å². The van der Waals surface area contributed by atoms with Crippen molar-refractivity contribution in [3.05, 3.63) is 24.3 Å². The van der Waals surface area contributed by atoms with Gasteiger partial charge < -0.3 is 19.4 Å². The highest BCUT2D eigenvalue weighted by atomic mass is 16.5. The molecule has 0 aliphatic carbocycles. The van der Waals surface area contributed by atoms with Gasteiger partial charge in [-0.05, 0) is 25.2 Å². The fourth-order valence-electron chi connectivity index (χ4n) is 2.77. The molecular weight excluding hydrogens is 238 g/mol.